The molecule has 1 aromatic rings. The van der Waals surface area contributed by atoms with Gasteiger partial charge in [-0.15, -0.1) is 5.69 Å². The maximum absolute atomic E-state index is 12.3. The standard InChI is InChI=1S/C9H9F3NO2/c10-9(11,12)7-5-6(15-4-3-14)1-2-8(7)13/h1-2,5,13-14H,3-4H2/q-1. The predicted molar refractivity (Wildman–Crippen MR) is 48.0 cm³/mol. The van der Waals surface area contributed by atoms with Crippen LogP contribution < -0.4 is 4.74 Å². The van der Waals surface area contributed by atoms with Gasteiger partial charge < -0.3 is 15.6 Å². The largest absolute Gasteiger partial charge is 0.698 e. The van der Waals surface area contributed by atoms with Crippen LogP contribution in [-0.4, -0.2) is 18.3 Å². The Bertz CT molecular complexity index is 339. The molecule has 0 saturated heterocycles. The molecular weight excluding hydrogens is 211 g/mol. The zero-order chi connectivity index (χ0) is 11.5. The van der Waals surface area contributed by atoms with E-state index in [-0.39, 0.29) is 19.0 Å². The topological polar surface area (TPSA) is 53.3 Å². The maximum atomic E-state index is 12.3. The summed E-state index contributed by atoms with van der Waals surface area (Å²) in [5.74, 6) is -0.00706. The van der Waals surface area contributed by atoms with Crippen LogP contribution in [-0.2, 0) is 6.18 Å². The molecule has 0 heterocycles. The molecule has 1 rings (SSSR count). The molecule has 0 amide bonds. The first-order valence-corrected chi connectivity index (χ1v) is 4.11. The van der Waals surface area contributed by atoms with Crippen molar-refractivity contribution >= 4 is 5.69 Å². The van der Waals surface area contributed by atoms with Crippen molar-refractivity contribution in [3.05, 3.63) is 29.5 Å². The Morgan fingerprint density at radius 3 is 2.53 bits per heavy atom. The average Bonchev–Trinajstić information content (AvgIpc) is 2.15. The Morgan fingerprint density at radius 1 is 1.33 bits per heavy atom. The van der Waals surface area contributed by atoms with Gasteiger partial charge in [-0.05, 0) is 12.1 Å². The maximum Gasteiger partial charge on any atom is 0.415 e. The molecule has 0 spiro atoms. The molecule has 0 atom stereocenters. The van der Waals surface area contributed by atoms with Crippen molar-refractivity contribution in [3.63, 3.8) is 0 Å². The molecule has 15 heavy (non-hydrogen) atoms. The number of alkyl halides is 3. The van der Waals surface area contributed by atoms with Crippen molar-refractivity contribution in [2.24, 2.45) is 0 Å². The van der Waals surface area contributed by atoms with Crippen LogP contribution in [0.1, 0.15) is 5.56 Å². The van der Waals surface area contributed by atoms with Gasteiger partial charge in [0, 0.05) is 5.56 Å². The molecular formula is C9H9F3NO2-. The quantitative estimate of drug-likeness (QED) is 0.851. The van der Waals surface area contributed by atoms with E-state index in [1.807, 2.05) is 0 Å². The van der Waals surface area contributed by atoms with Gasteiger partial charge in [-0.3, -0.25) is 0 Å². The Balaban J connectivity index is 2.95. The van der Waals surface area contributed by atoms with Gasteiger partial charge in [0.25, 0.3) is 0 Å². The van der Waals surface area contributed by atoms with Crippen LogP contribution in [0.2, 0.25) is 0 Å². The first kappa shape index (κ1) is 11.6. The number of hydrogen-bond acceptors (Lipinski definition) is 2. The fourth-order valence-electron chi connectivity index (χ4n) is 1.01. The van der Waals surface area contributed by atoms with E-state index in [2.05, 4.69) is 0 Å². The fraction of sp³-hybridized carbons (Fsp3) is 0.333. The Kier molecular flexibility index (Phi) is 3.41. The lowest BCUT2D eigenvalue weighted by Crippen LogP contribution is -2.07. The number of aliphatic hydroxyl groups is 1. The van der Waals surface area contributed by atoms with Gasteiger partial charge in [0.2, 0.25) is 0 Å². The van der Waals surface area contributed by atoms with Crippen molar-refractivity contribution in [1.29, 1.82) is 0 Å². The highest BCUT2D eigenvalue weighted by Gasteiger charge is 2.31. The van der Waals surface area contributed by atoms with Gasteiger partial charge in [0.15, 0.2) is 0 Å². The lowest BCUT2D eigenvalue weighted by atomic mass is 10.1. The summed E-state index contributed by atoms with van der Waals surface area (Å²) in [6.07, 6.45) is -4.56. The van der Waals surface area contributed by atoms with Crippen LogP contribution >= 0.6 is 0 Å². The lowest BCUT2D eigenvalue weighted by molar-refractivity contribution is -0.136. The van der Waals surface area contributed by atoms with Crippen LogP contribution in [0.3, 0.4) is 0 Å². The average molecular weight is 220 g/mol. The Labute approximate surface area is 84.3 Å². The Morgan fingerprint density at radius 2 is 2.00 bits per heavy atom. The van der Waals surface area contributed by atoms with Crippen molar-refractivity contribution in [2.75, 3.05) is 13.2 Å². The number of halogens is 3. The van der Waals surface area contributed by atoms with Gasteiger partial charge in [-0.25, -0.2) is 0 Å². The predicted octanol–water partition coefficient (Wildman–Crippen LogP) is 2.76. The van der Waals surface area contributed by atoms with Crippen molar-refractivity contribution < 1.29 is 23.0 Å². The Hall–Kier alpha value is -1.43. The third kappa shape index (κ3) is 3.02. The molecule has 1 aromatic carbocycles. The molecule has 0 radical (unpaired) electrons. The first-order chi connectivity index (χ1) is 6.95. The summed E-state index contributed by atoms with van der Waals surface area (Å²) in [6, 6.07) is 3.01. The van der Waals surface area contributed by atoms with E-state index in [1.165, 1.54) is 6.07 Å². The molecule has 84 valence electrons. The normalized spacial score (nSPS) is 11.5. The third-order valence-corrected chi connectivity index (χ3v) is 1.66. The van der Waals surface area contributed by atoms with Gasteiger partial charge >= 0.3 is 6.18 Å². The van der Waals surface area contributed by atoms with E-state index in [9.17, 15) is 13.2 Å². The van der Waals surface area contributed by atoms with Gasteiger partial charge in [0.05, 0.1) is 6.61 Å². The van der Waals surface area contributed by atoms with Crippen molar-refractivity contribution in [3.8, 4) is 5.75 Å². The molecule has 0 aliphatic rings. The minimum atomic E-state index is -4.56. The first-order valence-electron chi connectivity index (χ1n) is 4.11. The summed E-state index contributed by atoms with van der Waals surface area (Å²) in [5, 5.41) is 8.43. The van der Waals surface area contributed by atoms with E-state index in [0.29, 0.717) is 0 Å². The van der Waals surface area contributed by atoms with Crippen LogP contribution in [0.25, 0.3) is 5.73 Å². The highest BCUT2D eigenvalue weighted by Crippen LogP contribution is 2.37. The highest BCUT2D eigenvalue weighted by molar-refractivity contribution is 5.55. The minimum absolute atomic E-state index is 0.00706. The number of nitrogens with one attached hydrogen (secondary N) is 1. The molecule has 0 aliphatic heterocycles. The molecule has 0 fully saturated rings. The number of ether oxygens (including phenoxy) is 1. The summed E-state index contributed by atoms with van der Waals surface area (Å²) >= 11 is 0. The van der Waals surface area contributed by atoms with E-state index >= 15 is 0 Å². The fourth-order valence-corrected chi connectivity index (χ4v) is 1.01. The molecule has 0 bridgehead atoms. The number of hydrogen-bond donors (Lipinski definition) is 1. The minimum Gasteiger partial charge on any atom is -0.698 e. The van der Waals surface area contributed by atoms with Crippen LogP contribution in [0.15, 0.2) is 18.2 Å². The van der Waals surface area contributed by atoms with E-state index in [1.54, 1.807) is 0 Å². The van der Waals surface area contributed by atoms with Crippen molar-refractivity contribution in [1.82, 2.24) is 0 Å². The number of rotatable bonds is 3. The van der Waals surface area contributed by atoms with Gasteiger partial charge in [0.1, 0.15) is 12.4 Å². The van der Waals surface area contributed by atoms with E-state index in [4.69, 9.17) is 15.6 Å². The van der Waals surface area contributed by atoms with E-state index < -0.39 is 17.4 Å². The second-order valence-corrected chi connectivity index (χ2v) is 2.78. The number of aliphatic hydroxyl groups excluding tert-OH is 1. The molecule has 6 heteroatoms. The monoisotopic (exact) mass is 220 g/mol. The van der Waals surface area contributed by atoms with E-state index in [0.717, 1.165) is 12.1 Å². The smallest absolute Gasteiger partial charge is 0.415 e. The summed E-state index contributed by atoms with van der Waals surface area (Å²) in [4.78, 5) is 0. The third-order valence-electron chi connectivity index (χ3n) is 1.66. The summed E-state index contributed by atoms with van der Waals surface area (Å²) < 4.78 is 41.8. The zero-order valence-corrected chi connectivity index (χ0v) is 7.64. The summed E-state index contributed by atoms with van der Waals surface area (Å²) in [6.45, 7) is -0.349. The summed E-state index contributed by atoms with van der Waals surface area (Å²) in [5.41, 5.74) is 5.43. The van der Waals surface area contributed by atoms with Crippen molar-refractivity contribution in [2.45, 2.75) is 6.18 Å². The summed E-state index contributed by atoms with van der Waals surface area (Å²) in [7, 11) is 0. The molecule has 0 saturated carbocycles. The molecule has 0 aromatic heterocycles. The molecule has 0 unspecified atom stereocenters. The highest BCUT2D eigenvalue weighted by atomic mass is 19.4. The van der Waals surface area contributed by atoms with Gasteiger partial charge in [-0.2, -0.15) is 13.2 Å². The molecule has 0 aliphatic carbocycles. The second-order valence-electron chi connectivity index (χ2n) is 2.78. The SMILES string of the molecule is [NH-]c1ccc(OCCO)cc1C(F)(F)F. The van der Waals surface area contributed by atoms with Crippen LogP contribution in [0, 0.1) is 0 Å². The molecule has 3 nitrogen and oxygen atoms in total. The zero-order valence-electron chi connectivity index (χ0n) is 7.64. The lowest BCUT2D eigenvalue weighted by Gasteiger charge is -2.16. The van der Waals surface area contributed by atoms with Gasteiger partial charge in [-0.1, -0.05) is 6.07 Å². The number of benzene rings is 1. The van der Waals surface area contributed by atoms with Crippen LogP contribution in [0.4, 0.5) is 18.9 Å². The second kappa shape index (κ2) is 4.39. The van der Waals surface area contributed by atoms with Crippen LogP contribution in [0.5, 0.6) is 5.75 Å². The molecule has 2 N–H and O–H groups in total.